The molecule has 3 fully saturated rings. The van der Waals surface area contributed by atoms with E-state index in [9.17, 15) is 0 Å². The van der Waals surface area contributed by atoms with Gasteiger partial charge in [0.05, 0.1) is 0 Å². The van der Waals surface area contributed by atoms with Gasteiger partial charge in [-0.3, -0.25) is 0 Å². The van der Waals surface area contributed by atoms with Gasteiger partial charge in [0.25, 0.3) is 0 Å². The van der Waals surface area contributed by atoms with E-state index in [1.807, 2.05) is 0 Å². The summed E-state index contributed by atoms with van der Waals surface area (Å²) in [5.41, 5.74) is 0. The van der Waals surface area contributed by atoms with Crippen LogP contribution in [0.3, 0.4) is 0 Å². The van der Waals surface area contributed by atoms with Crippen molar-refractivity contribution in [2.45, 2.75) is 44.9 Å². The highest BCUT2D eigenvalue weighted by atomic mass is 16.5. The molecule has 0 atom stereocenters. The molecule has 3 aliphatic heterocycles. The van der Waals surface area contributed by atoms with Crippen molar-refractivity contribution >= 4 is 0 Å². The van der Waals surface area contributed by atoms with Gasteiger partial charge in [-0.05, 0) is 44.9 Å². The van der Waals surface area contributed by atoms with Gasteiger partial charge >= 0.3 is 0 Å². The van der Waals surface area contributed by atoms with Crippen LogP contribution in [0.1, 0.15) is 44.9 Å². The van der Waals surface area contributed by atoms with E-state index in [1.54, 1.807) is 0 Å². The molecular formula is C13H26O3. The second kappa shape index (κ2) is 11.4. The Morgan fingerprint density at radius 1 is 0.312 bits per heavy atom. The van der Waals surface area contributed by atoms with E-state index in [0.717, 1.165) is 39.6 Å². The quantitative estimate of drug-likeness (QED) is 0.640. The Hall–Kier alpha value is -0.120. The first-order valence-corrected chi connectivity index (χ1v) is 6.73. The van der Waals surface area contributed by atoms with Gasteiger partial charge in [-0.15, -0.1) is 0 Å². The molecule has 16 heavy (non-hydrogen) atoms. The van der Waals surface area contributed by atoms with E-state index >= 15 is 0 Å². The average molecular weight is 230 g/mol. The summed E-state index contributed by atoms with van der Waals surface area (Å²) < 4.78 is 15.0. The van der Waals surface area contributed by atoms with Crippen molar-refractivity contribution in [2.24, 2.45) is 0 Å². The van der Waals surface area contributed by atoms with Crippen molar-refractivity contribution in [3.8, 4) is 0 Å². The zero-order chi connectivity index (χ0) is 11.3. The number of hydrogen-bond acceptors (Lipinski definition) is 3. The molecule has 0 aromatic carbocycles. The molecule has 3 nitrogen and oxygen atoms in total. The van der Waals surface area contributed by atoms with E-state index in [1.165, 1.54) is 44.9 Å². The second-order valence-corrected chi connectivity index (χ2v) is 4.31. The standard InChI is InChI=1S/C5H10O.2C4H8O/c1-2-4-6-5-3-1;2*1-2-4-5-3-1/h1-5H2;2*1-4H2. The van der Waals surface area contributed by atoms with Gasteiger partial charge in [-0.25, -0.2) is 0 Å². The number of ether oxygens (including phenoxy) is 3. The number of rotatable bonds is 0. The summed E-state index contributed by atoms with van der Waals surface area (Å²) in [5, 5.41) is 0. The third-order valence-corrected chi connectivity index (χ3v) is 2.73. The summed E-state index contributed by atoms with van der Waals surface area (Å²) >= 11 is 0. The first kappa shape index (κ1) is 13.9. The summed E-state index contributed by atoms with van der Waals surface area (Å²) in [6.07, 6.45) is 9.04. The molecule has 0 amide bonds. The normalized spacial score (nSPS) is 24.0. The molecule has 0 aliphatic carbocycles. The zero-order valence-corrected chi connectivity index (χ0v) is 10.4. The largest absolute Gasteiger partial charge is 0.381 e. The Morgan fingerprint density at radius 3 is 0.688 bits per heavy atom. The van der Waals surface area contributed by atoms with Gasteiger partial charge in [0.2, 0.25) is 0 Å². The van der Waals surface area contributed by atoms with Crippen LogP contribution in [0.25, 0.3) is 0 Å². The van der Waals surface area contributed by atoms with Crippen molar-refractivity contribution in [1.29, 1.82) is 0 Å². The third kappa shape index (κ3) is 9.13. The van der Waals surface area contributed by atoms with Crippen LogP contribution in [0.2, 0.25) is 0 Å². The highest BCUT2D eigenvalue weighted by Crippen LogP contribution is 2.02. The van der Waals surface area contributed by atoms with Crippen molar-refractivity contribution in [1.82, 2.24) is 0 Å². The van der Waals surface area contributed by atoms with E-state index < -0.39 is 0 Å². The van der Waals surface area contributed by atoms with Crippen LogP contribution in [0.4, 0.5) is 0 Å². The van der Waals surface area contributed by atoms with Crippen LogP contribution in [0.5, 0.6) is 0 Å². The molecule has 3 heterocycles. The maximum atomic E-state index is 5.07. The highest BCUT2D eigenvalue weighted by Gasteiger charge is 1.95. The Bertz CT molecular complexity index is 90.4. The summed E-state index contributed by atoms with van der Waals surface area (Å²) in [6.45, 7) is 6.00. The van der Waals surface area contributed by atoms with Gasteiger partial charge in [0, 0.05) is 39.6 Å². The highest BCUT2D eigenvalue weighted by molar-refractivity contribution is 4.45. The summed E-state index contributed by atoms with van der Waals surface area (Å²) in [4.78, 5) is 0. The molecule has 96 valence electrons. The molecule has 0 bridgehead atoms. The molecule has 3 rings (SSSR count). The second-order valence-electron chi connectivity index (χ2n) is 4.31. The van der Waals surface area contributed by atoms with Crippen LogP contribution in [0.15, 0.2) is 0 Å². The van der Waals surface area contributed by atoms with Gasteiger partial charge in [-0.1, -0.05) is 0 Å². The fourth-order valence-corrected chi connectivity index (χ4v) is 1.71. The molecule has 3 aliphatic rings. The van der Waals surface area contributed by atoms with Crippen LogP contribution < -0.4 is 0 Å². The predicted molar refractivity (Wildman–Crippen MR) is 64.8 cm³/mol. The van der Waals surface area contributed by atoms with Crippen LogP contribution in [0, 0.1) is 0 Å². The SMILES string of the molecule is C1CCOC1.C1CCOC1.C1CCOCC1. The van der Waals surface area contributed by atoms with Crippen molar-refractivity contribution < 1.29 is 14.2 Å². The van der Waals surface area contributed by atoms with E-state index in [4.69, 9.17) is 14.2 Å². The Labute approximate surface area is 99.5 Å². The Kier molecular flexibility index (Phi) is 9.91. The zero-order valence-electron chi connectivity index (χ0n) is 10.4. The molecule has 3 heteroatoms. The lowest BCUT2D eigenvalue weighted by atomic mass is 10.2. The van der Waals surface area contributed by atoms with Crippen LogP contribution >= 0.6 is 0 Å². The van der Waals surface area contributed by atoms with Crippen molar-refractivity contribution in [3.63, 3.8) is 0 Å². The van der Waals surface area contributed by atoms with Gasteiger partial charge in [0.15, 0.2) is 0 Å². The maximum absolute atomic E-state index is 5.07. The summed E-state index contributed by atoms with van der Waals surface area (Å²) in [7, 11) is 0. The monoisotopic (exact) mass is 230 g/mol. The van der Waals surface area contributed by atoms with E-state index in [-0.39, 0.29) is 0 Å². The van der Waals surface area contributed by atoms with Gasteiger partial charge < -0.3 is 14.2 Å². The number of hydrogen-bond donors (Lipinski definition) is 0. The minimum Gasteiger partial charge on any atom is -0.381 e. The molecule has 0 N–H and O–H groups in total. The fraction of sp³-hybridized carbons (Fsp3) is 1.00. The topological polar surface area (TPSA) is 27.7 Å². The van der Waals surface area contributed by atoms with Crippen LogP contribution in [-0.2, 0) is 14.2 Å². The lowest BCUT2D eigenvalue weighted by molar-refractivity contribution is 0.0968. The van der Waals surface area contributed by atoms with Gasteiger partial charge in [0.1, 0.15) is 0 Å². The molecule has 3 saturated heterocycles. The minimum atomic E-state index is 1.00. The Morgan fingerprint density at radius 2 is 0.562 bits per heavy atom. The first-order valence-electron chi connectivity index (χ1n) is 6.73. The molecule has 0 radical (unpaired) electrons. The summed E-state index contributed by atoms with van der Waals surface area (Å²) in [5.74, 6) is 0. The van der Waals surface area contributed by atoms with Crippen molar-refractivity contribution in [2.75, 3.05) is 39.6 Å². The lowest BCUT2D eigenvalue weighted by Gasteiger charge is -2.08. The van der Waals surface area contributed by atoms with Gasteiger partial charge in [-0.2, -0.15) is 0 Å². The molecular weight excluding hydrogens is 204 g/mol. The predicted octanol–water partition coefficient (Wildman–Crippen LogP) is 2.78. The van der Waals surface area contributed by atoms with Crippen LogP contribution in [-0.4, -0.2) is 39.6 Å². The van der Waals surface area contributed by atoms with E-state index in [0.29, 0.717) is 0 Å². The summed E-state index contributed by atoms with van der Waals surface area (Å²) in [6, 6.07) is 0. The Balaban J connectivity index is 0.000000121. The molecule has 0 spiro atoms. The molecule has 0 aromatic rings. The fourth-order valence-electron chi connectivity index (χ4n) is 1.71. The molecule has 0 saturated carbocycles. The van der Waals surface area contributed by atoms with Crippen molar-refractivity contribution in [3.05, 3.63) is 0 Å². The smallest absolute Gasteiger partial charge is 0.0466 e. The maximum Gasteiger partial charge on any atom is 0.0466 e. The average Bonchev–Trinajstić information content (AvgIpc) is 3.10. The van der Waals surface area contributed by atoms with E-state index in [2.05, 4.69) is 0 Å². The minimum absolute atomic E-state index is 1.00. The lowest BCUT2D eigenvalue weighted by Crippen LogP contribution is -2.03. The third-order valence-electron chi connectivity index (χ3n) is 2.73. The molecule has 0 unspecified atom stereocenters. The first-order chi connectivity index (χ1) is 8.00. The molecule has 0 aromatic heterocycles.